The Morgan fingerprint density at radius 2 is 2.06 bits per heavy atom. The highest BCUT2D eigenvalue weighted by Crippen LogP contribution is 2.28. The normalized spacial score (nSPS) is 34.2. The lowest BCUT2D eigenvalue weighted by Gasteiger charge is -2.38. The van der Waals surface area contributed by atoms with Gasteiger partial charge in [0.1, 0.15) is 12.2 Å². The molecule has 1 heterocycles. The number of carbonyl (C=O) groups excluding carboxylic acids is 1. The summed E-state index contributed by atoms with van der Waals surface area (Å²) in [6, 6.07) is 0. The number of methoxy groups -OCH3 is 1. The van der Waals surface area contributed by atoms with E-state index in [4.69, 9.17) is 19.6 Å². The third kappa shape index (κ3) is 2.95. The van der Waals surface area contributed by atoms with Crippen LogP contribution in [0, 0.1) is 11.3 Å². The van der Waals surface area contributed by atoms with Gasteiger partial charge in [-0.05, 0) is 19.3 Å². The van der Waals surface area contributed by atoms with E-state index in [1.165, 1.54) is 14.0 Å². The molecule has 0 amide bonds. The molecule has 0 bridgehead atoms. The fourth-order valence-corrected chi connectivity index (χ4v) is 2.03. The summed E-state index contributed by atoms with van der Waals surface area (Å²) < 4.78 is 15.7. The lowest BCUT2D eigenvalue weighted by Crippen LogP contribution is -2.47. The van der Waals surface area contributed by atoms with Crippen molar-refractivity contribution in [3.63, 3.8) is 0 Å². The molecule has 1 rings (SSSR count). The van der Waals surface area contributed by atoms with Gasteiger partial charge >= 0.3 is 5.97 Å². The Kier molecular flexibility index (Phi) is 4.29. The summed E-state index contributed by atoms with van der Waals surface area (Å²) in [6.07, 6.45) is -0.150. The highest BCUT2D eigenvalue weighted by molar-refractivity contribution is 5.77. The predicted molar refractivity (Wildman–Crippen MR) is 58.4 cm³/mol. The smallest absolute Gasteiger partial charge is 0.303 e. The van der Waals surface area contributed by atoms with E-state index in [1.807, 2.05) is 13.8 Å². The van der Waals surface area contributed by atoms with Gasteiger partial charge in [0.05, 0.1) is 13.2 Å². The van der Waals surface area contributed by atoms with E-state index in [0.29, 0.717) is 6.42 Å². The van der Waals surface area contributed by atoms with Crippen LogP contribution >= 0.6 is 0 Å². The van der Waals surface area contributed by atoms with E-state index in [1.54, 1.807) is 0 Å². The molecule has 1 aliphatic rings. The largest absolute Gasteiger partial charge is 0.483 e. The van der Waals surface area contributed by atoms with Crippen molar-refractivity contribution < 1.29 is 19.0 Å². The molecule has 0 radical (unpaired) electrons. The first-order valence-electron chi connectivity index (χ1n) is 5.40. The molecule has 4 atom stereocenters. The molecule has 0 aromatic carbocycles. The van der Waals surface area contributed by atoms with Gasteiger partial charge in [-0.25, -0.2) is 0 Å². The molecule has 1 saturated heterocycles. The highest BCUT2D eigenvalue weighted by Gasteiger charge is 2.38. The van der Waals surface area contributed by atoms with Gasteiger partial charge in [0.2, 0.25) is 5.90 Å². The monoisotopic (exact) mass is 229 g/mol. The van der Waals surface area contributed by atoms with Crippen molar-refractivity contribution in [2.45, 2.75) is 45.5 Å². The number of carbonyl (C=O) groups is 1. The quantitative estimate of drug-likeness (QED) is 0.441. The first-order valence-corrected chi connectivity index (χ1v) is 5.40. The van der Waals surface area contributed by atoms with Crippen LogP contribution in [0.25, 0.3) is 0 Å². The van der Waals surface area contributed by atoms with E-state index in [2.05, 4.69) is 0 Å². The molecule has 92 valence electrons. The summed E-state index contributed by atoms with van der Waals surface area (Å²) in [5, 5.41) is 7.56. The van der Waals surface area contributed by atoms with Gasteiger partial charge < -0.3 is 14.2 Å². The van der Waals surface area contributed by atoms with Crippen molar-refractivity contribution >= 4 is 11.9 Å². The highest BCUT2D eigenvalue weighted by atomic mass is 16.6. The van der Waals surface area contributed by atoms with Gasteiger partial charge in [-0.15, -0.1) is 0 Å². The third-order valence-electron chi connectivity index (χ3n) is 2.80. The zero-order chi connectivity index (χ0) is 12.3. The molecule has 2 unspecified atom stereocenters. The third-order valence-corrected chi connectivity index (χ3v) is 2.80. The molecule has 0 spiro atoms. The lowest BCUT2D eigenvalue weighted by atomic mass is 9.90. The summed E-state index contributed by atoms with van der Waals surface area (Å²) in [4.78, 5) is 10.9. The van der Waals surface area contributed by atoms with Crippen molar-refractivity contribution in [2.24, 2.45) is 5.92 Å². The molecular formula is C11H19NO4. The van der Waals surface area contributed by atoms with Crippen LogP contribution in [-0.4, -0.2) is 37.3 Å². The molecule has 0 aromatic rings. The van der Waals surface area contributed by atoms with Crippen LogP contribution in [0.5, 0.6) is 0 Å². The predicted octanol–water partition coefficient (Wildman–Crippen LogP) is 1.36. The second-order valence-electron chi connectivity index (χ2n) is 4.19. The summed E-state index contributed by atoms with van der Waals surface area (Å²) in [5.41, 5.74) is 0. The number of hydrogen-bond acceptors (Lipinski definition) is 5. The summed E-state index contributed by atoms with van der Waals surface area (Å²) in [5.74, 6) is -0.0132. The van der Waals surface area contributed by atoms with Gasteiger partial charge in [0.25, 0.3) is 0 Å². The minimum absolute atomic E-state index is 0.125. The minimum atomic E-state index is -0.332. The number of ether oxygens (including phenoxy) is 3. The van der Waals surface area contributed by atoms with Crippen molar-refractivity contribution in [1.82, 2.24) is 0 Å². The number of rotatable bonds is 2. The SMILES string of the molecule is COC(=N)[C@@H]1CC(C)[C@@H](OC(C)=O)C(C)O1. The fourth-order valence-electron chi connectivity index (χ4n) is 2.03. The Hall–Kier alpha value is -1.10. The van der Waals surface area contributed by atoms with Crippen LogP contribution in [-0.2, 0) is 19.0 Å². The van der Waals surface area contributed by atoms with Crippen LogP contribution in [0.3, 0.4) is 0 Å². The molecule has 1 aliphatic heterocycles. The van der Waals surface area contributed by atoms with E-state index in [9.17, 15) is 4.79 Å². The standard InChI is InChI=1S/C11H19NO4/c1-6-5-9(11(12)14-4)15-7(2)10(6)16-8(3)13/h6-7,9-10,12H,5H2,1-4H3/t6?,7?,9-,10+/m0/s1. The van der Waals surface area contributed by atoms with Crippen molar-refractivity contribution in [3.05, 3.63) is 0 Å². The van der Waals surface area contributed by atoms with E-state index < -0.39 is 0 Å². The van der Waals surface area contributed by atoms with Crippen molar-refractivity contribution in [3.8, 4) is 0 Å². The zero-order valence-electron chi connectivity index (χ0n) is 10.1. The first-order chi connectivity index (χ1) is 7.45. The lowest BCUT2D eigenvalue weighted by molar-refractivity contribution is -0.172. The van der Waals surface area contributed by atoms with E-state index in [-0.39, 0.29) is 36.1 Å². The van der Waals surface area contributed by atoms with Crippen molar-refractivity contribution in [2.75, 3.05) is 7.11 Å². The Balaban J connectivity index is 2.63. The topological polar surface area (TPSA) is 68.6 Å². The second kappa shape index (κ2) is 5.30. The maximum absolute atomic E-state index is 10.9. The molecule has 5 heteroatoms. The maximum atomic E-state index is 10.9. The fraction of sp³-hybridized carbons (Fsp3) is 0.818. The van der Waals surface area contributed by atoms with E-state index >= 15 is 0 Å². The molecule has 5 nitrogen and oxygen atoms in total. The molecular weight excluding hydrogens is 210 g/mol. The van der Waals surface area contributed by atoms with E-state index in [0.717, 1.165) is 0 Å². The number of nitrogens with one attached hydrogen (secondary N) is 1. The second-order valence-corrected chi connectivity index (χ2v) is 4.19. The Bertz CT molecular complexity index is 267. The van der Waals surface area contributed by atoms with Crippen LogP contribution in [0.2, 0.25) is 0 Å². The van der Waals surface area contributed by atoms with Crippen LogP contribution in [0.4, 0.5) is 0 Å². The van der Waals surface area contributed by atoms with Gasteiger partial charge in [-0.3, -0.25) is 10.2 Å². The van der Waals surface area contributed by atoms with Crippen molar-refractivity contribution in [1.29, 1.82) is 5.41 Å². The van der Waals surface area contributed by atoms with Crippen LogP contribution in [0.15, 0.2) is 0 Å². The van der Waals surface area contributed by atoms with Crippen LogP contribution < -0.4 is 0 Å². The summed E-state index contributed by atoms with van der Waals surface area (Å²) in [7, 11) is 1.46. The molecule has 1 fully saturated rings. The Morgan fingerprint density at radius 1 is 1.44 bits per heavy atom. The average molecular weight is 229 g/mol. The molecule has 0 saturated carbocycles. The average Bonchev–Trinajstić information content (AvgIpc) is 2.21. The molecule has 0 aliphatic carbocycles. The minimum Gasteiger partial charge on any atom is -0.483 e. The Morgan fingerprint density at radius 3 is 2.50 bits per heavy atom. The molecule has 1 N–H and O–H groups in total. The zero-order valence-corrected chi connectivity index (χ0v) is 10.1. The molecule has 16 heavy (non-hydrogen) atoms. The maximum Gasteiger partial charge on any atom is 0.303 e. The number of hydrogen-bond donors (Lipinski definition) is 1. The van der Waals surface area contributed by atoms with Gasteiger partial charge in [-0.1, -0.05) is 6.92 Å². The van der Waals surface area contributed by atoms with Gasteiger partial charge in [-0.2, -0.15) is 0 Å². The molecule has 0 aromatic heterocycles. The van der Waals surface area contributed by atoms with Crippen LogP contribution in [0.1, 0.15) is 27.2 Å². The first kappa shape index (κ1) is 13.0. The summed E-state index contributed by atoms with van der Waals surface area (Å²) in [6.45, 7) is 5.23. The Labute approximate surface area is 95.6 Å². The van der Waals surface area contributed by atoms with Gasteiger partial charge in [0, 0.05) is 6.92 Å². The van der Waals surface area contributed by atoms with Gasteiger partial charge in [0.15, 0.2) is 0 Å². The summed E-state index contributed by atoms with van der Waals surface area (Å²) >= 11 is 0. The number of esters is 1.